The molecule has 26 heavy (non-hydrogen) atoms. The number of hydrogen-bond acceptors (Lipinski definition) is 3. The normalized spacial score (nSPS) is 21.0. The van der Waals surface area contributed by atoms with Gasteiger partial charge in [-0.05, 0) is 54.9 Å². The molecule has 1 fully saturated rings. The highest BCUT2D eigenvalue weighted by molar-refractivity contribution is 7.80. The summed E-state index contributed by atoms with van der Waals surface area (Å²) < 4.78 is 1.88. The predicted octanol–water partition coefficient (Wildman–Crippen LogP) is 2.64. The van der Waals surface area contributed by atoms with E-state index in [0.717, 1.165) is 18.7 Å². The number of carbonyl (C=O) groups excluding carboxylic acids is 1. The second-order valence-corrected chi connectivity index (χ2v) is 7.69. The third kappa shape index (κ3) is 3.27. The molecule has 1 N–H and O–H groups in total. The third-order valence-corrected chi connectivity index (χ3v) is 5.71. The van der Waals surface area contributed by atoms with Crippen LogP contribution in [-0.4, -0.2) is 33.6 Å². The second-order valence-electron chi connectivity index (χ2n) is 6.87. The first kappa shape index (κ1) is 17.2. The van der Waals surface area contributed by atoms with Gasteiger partial charge in [-0.1, -0.05) is 17.7 Å². The molecule has 2 aliphatic heterocycles. The van der Waals surface area contributed by atoms with Gasteiger partial charge in [-0.3, -0.25) is 14.9 Å². The SMILES string of the molecule is O=C(NC(=S)N1C[C@H]2C[C@@H](C1)c1cccc(=O)n1C2)c1ccc(Cl)cc1. The van der Waals surface area contributed by atoms with E-state index in [0.29, 0.717) is 34.7 Å². The van der Waals surface area contributed by atoms with Gasteiger partial charge in [0, 0.05) is 47.9 Å². The van der Waals surface area contributed by atoms with Gasteiger partial charge in [0.25, 0.3) is 11.5 Å². The van der Waals surface area contributed by atoms with Crippen molar-refractivity contribution in [1.82, 2.24) is 14.8 Å². The smallest absolute Gasteiger partial charge is 0.257 e. The molecule has 0 saturated carbocycles. The summed E-state index contributed by atoms with van der Waals surface area (Å²) in [7, 11) is 0. The average molecular weight is 388 g/mol. The lowest BCUT2D eigenvalue weighted by Gasteiger charge is -2.43. The van der Waals surface area contributed by atoms with Crippen LogP contribution in [0.4, 0.5) is 0 Å². The Hall–Kier alpha value is -2.18. The Morgan fingerprint density at radius 1 is 1.12 bits per heavy atom. The fourth-order valence-electron chi connectivity index (χ4n) is 3.91. The van der Waals surface area contributed by atoms with E-state index in [-0.39, 0.29) is 17.4 Å². The topological polar surface area (TPSA) is 54.3 Å². The largest absolute Gasteiger partial charge is 0.348 e. The number of fused-ring (bicyclic) bond motifs is 4. The molecule has 1 saturated heterocycles. The van der Waals surface area contributed by atoms with E-state index in [1.807, 2.05) is 21.6 Å². The van der Waals surface area contributed by atoms with Crippen LogP contribution in [-0.2, 0) is 6.54 Å². The fraction of sp³-hybridized carbons (Fsp3) is 0.316. The molecule has 7 heteroatoms. The van der Waals surface area contributed by atoms with Gasteiger partial charge in [0.05, 0.1) is 0 Å². The molecule has 2 atom stereocenters. The lowest BCUT2D eigenvalue weighted by Crippen LogP contribution is -2.52. The first-order valence-electron chi connectivity index (χ1n) is 8.57. The summed E-state index contributed by atoms with van der Waals surface area (Å²) in [5, 5.41) is 3.84. The summed E-state index contributed by atoms with van der Waals surface area (Å²) in [6.45, 7) is 2.16. The molecule has 2 bridgehead atoms. The standard InChI is InChI=1S/C19H18ClN3O2S/c20-15-6-4-13(5-7-15)18(25)21-19(26)22-9-12-8-14(11-22)16-2-1-3-17(24)23(16)10-12/h1-7,12,14H,8-11H2,(H,21,25,26)/t12-,14+/m1/s1. The van der Waals surface area contributed by atoms with E-state index in [1.54, 1.807) is 30.3 Å². The van der Waals surface area contributed by atoms with Crippen molar-refractivity contribution >= 4 is 34.8 Å². The number of piperidine rings is 1. The van der Waals surface area contributed by atoms with Crippen LogP contribution in [0.3, 0.4) is 0 Å². The van der Waals surface area contributed by atoms with Gasteiger partial charge >= 0.3 is 0 Å². The highest BCUT2D eigenvalue weighted by atomic mass is 35.5. The van der Waals surface area contributed by atoms with Crippen molar-refractivity contribution < 1.29 is 4.79 Å². The Morgan fingerprint density at radius 2 is 1.88 bits per heavy atom. The van der Waals surface area contributed by atoms with Crippen molar-refractivity contribution in [2.75, 3.05) is 13.1 Å². The van der Waals surface area contributed by atoms with Crippen LogP contribution in [0.5, 0.6) is 0 Å². The van der Waals surface area contributed by atoms with E-state index in [2.05, 4.69) is 5.32 Å². The molecule has 1 aromatic heterocycles. The molecule has 2 aromatic rings. The van der Waals surface area contributed by atoms with Crippen molar-refractivity contribution in [3.05, 3.63) is 69.1 Å². The summed E-state index contributed by atoms with van der Waals surface area (Å²) >= 11 is 11.3. The minimum Gasteiger partial charge on any atom is -0.348 e. The maximum Gasteiger partial charge on any atom is 0.257 e. The van der Waals surface area contributed by atoms with Gasteiger partial charge in [-0.25, -0.2) is 0 Å². The van der Waals surface area contributed by atoms with Crippen molar-refractivity contribution in [3.63, 3.8) is 0 Å². The summed E-state index contributed by atoms with van der Waals surface area (Å²) in [5.41, 5.74) is 1.64. The number of thiocarbonyl (C=S) groups is 1. The zero-order valence-corrected chi connectivity index (χ0v) is 15.6. The first-order valence-corrected chi connectivity index (χ1v) is 9.35. The summed E-state index contributed by atoms with van der Waals surface area (Å²) in [6.07, 6.45) is 1.05. The van der Waals surface area contributed by atoms with Crippen LogP contribution in [0.15, 0.2) is 47.3 Å². The fourth-order valence-corrected chi connectivity index (χ4v) is 4.28. The molecular formula is C19H18ClN3O2S. The Labute approximate surface area is 161 Å². The lowest BCUT2D eigenvalue weighted by molar-refractivity contribution is 0.0968. The number of rotatable bonds is 1. The van der Waals surface area contributed by atoms with Crippen LogP contribution in [0, 0.1) is 5.92 Å². The Bertz CT molecular complexity index is 925. The Balaban J connectivity index is 1.48. The van der Waals surface area contributed by atoms with Crippen molar-refractivity contribution in [1.29, 1.82) is 0 Å². The van der Waals surface area contributed by atoms with Gasteiger partial charge in [0.2, 0.25) is 0 Å². The monoisotopic (exact) mass is 387 g/mol. The molecule has 0 unspecified atom stereocenters. The van der Waals surface area contributed by atoms with Crippen LogP contribution < -0.4 is 10.9 Å². The van der Waals surface area contributed by atoms with Gasteiger partial charge in [-0.2, -0.15) is 0 Å². The zero-order valence-electron chi connectivity index (χ0n) is 14.0. The molecule has 1 aromatic carbocycles. The minimum absolute atomic E-state index is 0.0595. The number of carbonyl (C=O) groups is 1. The second kappa shape index (κ2) is 6.85. The zero-order chi connectivity index (χ0) is 18.3. The maximum atomic E-state index is 12.4. The first-order chi connectivity index (χ1) is 12.5. The number of hydrogen-bond donors (Lipinski definition) is 1. The molecule has 134 valence electrons. The summed E-state index contributed by atoms with van der Waals surface area (Å²) in [4.78, 5) is 26.5. The third-order valence-electron chi connectivity index (χ3n) is 5.09. The van der Waals surface area contributed by atoms with Crippen LogP contribution >= 0.6 is 23.8 Å². The van der Waals surface area contributed by atoms with Crippen molar-refractivity contribution in [2.45, 2.75) is 18.9 Å². The Morgan fingerprint density at radius 3 is 2.65 bits per heavy atom. The molecular weight excluding hydrogens is 370 g/mol. The number of aromatic nitrogens is 1. The number of pyridine rings is 1. The summed E-state index contributed by atoms with van der Waals surface area (Å²) in [6, 6.07) is 12.1. The van der Waals surface area contributed by atoms with E-state index in [9.17, 15) is 9.59 Å². The Kier molecular flexibility index (Phi) is 4.54. The molecule has 0 spiro atoms. The van der Waals surface area contributed by atoms with Crippen LogP contribution in [0.2, 0.25) is 5.02 Å². The molecule has 0 aliphatic carbocycles. The average Bonchev–Trinajstić information content (AvgIpc) is 2.63. The van der Waals surface area contributed by atoms with E-state index >= 15 is 0 Å². The number of likely N-dealkylation sites (tertiary alicyclic amines) is 1. The summed E-state index contributed by atoms with van der Waals surface area (Å²) in [5.74, 6) is 0.368. The number of halogens is 1. The van der Waals surface area contributed by atoms with E-state index in [4.69, 9.17) is 23.8 Å². The van der Waals surface area contributed by atoms with E-state index < -0.39 is 0 Å². The van der Waals surface area contributed by atoms with Crippen LogP contribution in [0.25, 0.3) is 0 Å². The van der Waals surface area contributed by atoms with Gasteiger partial charge in [-0.15, -0.1) is 0 Å². The van der Waals surface area contributed by atoms with Gasteiger partial charge in [0.1, 0.15) is 0 Å². The molecule has 0 radical (unpaired) electrons. The number of amides is 1. The number of nitrogens with one attached hydrogen (secondary N) is 1. The van der Waals surface area contributed by atoms with Crippen molar-refractivity contribution in [2.24, 2.45) is 5.92 Å². The number of benzene rings is 1. The highest BCUT2D eigenvalue weighted by Crippen LogP contribution is 2.34. The lowest BCUT2D eigenvalue weighted by atomic mass is 9.83. The number of nitrogens with zero attached hydrogens (tertiary/aromatic N) is 2. The van der Waals surface area contributed by atoms with Crippen molar-refractivity contribution in [3.8, 4) is 0 Å². The van der Waals surface area contributed by atoms with E-state index in [1.165, 1.54) is 0 Å². The quantitative estimate of drug-likeness (QED) is 0.764. The minimum atomic E-state index is -0.237. The molecule has 1 amide bonds. The van der Waals surface area contributed by atoms with Gasteiger partial charge < -0.3 is 9.47 Å². The molecule has 4 rings (SSSR count). The molecule has 3 heterocycles. The maximum absolute atomic E-state index is 12.4. The highest BCUT2D eigenvalue weighted by Gasteiger charge is 2.35. The predicted molar refractivity (Wildman–Crippen MR) is 105 cm³/mol. The van der Waals surface area contributed by atoms with Gasteiger partial charge in [0.15, 0.2) is 5.11 Å². The molecule has 2 aliphatic rings. The van der Waals surface area contributed by atoms with Crippen LogP contribution in [0.1, 0.15) is 28.4 Å². The molecule has 5 nitrogen and oxygen atoms in total.